The van der Waals surface area contributed by atoms with E-state index in [1.54, 1.807) is 0 Å². The molecule has 0 fully saturated rings. The van der Waals surface area contributed by atoms with E-state index in [9.17, 15) is 0 Å². The molecule has 0 N–H and O–H groups in total. The Balaban J connectivity index is 0.00000312. The molecular formula is C22H32BrNO. The van der Waals surface area contributed by atoms with Crippen molar-refractivity contribution in [2.24, 2.45) is 0 Å². The van der Waals surface area contributed by atoms with E-state index in [0.717, 1.165) is 29.8 Å². The van der Waals surface area contributed by atoms with Gasteiger partial charge in [0.25, 0.3) is 0 Å². The van der Waals surface area contributed by atoms with Gasteiger partial charge in [0, 0.05) is 6.42 Å². The molecule has 0 heterocycles. The van der Waals surface area contributed by atoms with Crippen LogP contribution in [-0.4, -0.2) is 37.3 Å². The molecule has 0 unspecified atom stereocenters. The highest BCUT2D eigenvalue weighted by Gasteiger charge is 2.20. The third-order valence-electron chi connectivity index (χ3n) is 5.36. The summed E-state index contributed by atoms with van der Waals surface area (Å²) in [6.45, 7) is 14.3. The first kappa shape index (κ1) is 21.7. The van der Waals surface area contributed by atoms with Gasteiger partial charge < -0.3 is 26.2 Å². The van der Waals surface area contributed by atoms with Gasteiger partial charge in [-0.25, -0.2) is 0 Å². The molecule has 0 amide bonds. The fourth-order valence-corrected chi connectivity index (χ4v) is 3.36. The molecule has 0 bridgehead atoms. The van der Waals surface area contributed by atoms with Crippen LogP contribution in [0.3, 0.4) is 0 Å². The van der Waals surface area contributed by atoms with Crippen LogP contribution in [0.25, 0.3) is 0 Å². The summed E-state index contributed by atoms with van der Waals surface area (Å²) in [4.78, 5) is 0. The number of rotatable bonds is 9. The Morgan fingerprint density at radius 2 is 1.48 bits per heavy atom. The highest BCUT2D eigenvalue weighted by molar-refractivity contribution is 5.43. The summed E-state index contributed by atoms with van der Waals surface area (Å²) in [5.74, 6) is 1.07. The maximum atomic E-state index is 6.29. The number of benzene rings is 2. The van der Waals surface area contributed by atoms with E-state index in [2.05, 4.69) is 76.2 Å². The number of hydrogen-bond acceptors (Lipinski definition) is 1. The summed E-state index contributed by atoms with van der Waals surface area (Å²) >= 11 is 0. The second-order valence-electron chi connectivity index (χ2n) is 6.59. The lowest BCUT2D eigenvalue weighted by molar-refractivity contribution is -0.923. The molecular weight excluding hydrogens is 374 g/mol. The smallest absolute Gasteiger partial charge is 0.137 e. The van der Waals surface area contributed by atoms with E-state index in [0.29, 0.717) is 0 Å². The summed E-state index contributed by atoms with van der Waals surface area (Å²) in [5, 5.41) is 0. The molecule has 0 aliphatic carbocycles. The van der Waals surface area contributed by atoms with Crippen LogP contribution >= 0.6 is 0 Å². The first-order chi connectivity index (χ1) is 11.6. The predicted molar refractivity (Wildman–Crippen MR) is 103 cm³/mol. The first-order valence-corrected chi connectivity index (χ1v) is 9.24. The average molecular weight is 406 g/mol. The Kier molecular flexibility index (Phi) is 9.23. The zero-order valence-electron chi connectivity index (χ0n) is 16.1. The lowest BCUT2D eigenvalue weighted by Crippen LogP contribution is -3.00. The van der Waals surface area contributed by atoms with Crippen molar-refractivity contribution in [3.05, 3.63) is 65.2 Å². The molecule has 25 heavy (non-hydrogen) atoms. The molecule has 3 heteroatoms. The number of hydrogen-bond donors (Lipinski definition) is 0. The second kappa shape index (κ2) is 10.6. The quantitative estimate of drug-likeness (QED) is 0.578. The molecule has 0 radical (unpaired) electrons. The number of aryl methyl sites for hydroxylation is 1. The second-order valence-corrected chi connectivity index (χ2v) is 6.59. The van der Waals surface area contributed by atoms with Crippen LogP contribution < -0.4 is 21.7 Å². The van der Waals surface area contributed by atoms with Crippen molar-refractivity contribution >= 4 is 0 Å². The molecule has 2 nitrogen and oxygen atoms in total. The summed E-state index contributed by atoms with van der Waals surface area (Å²) < 4.78 is 7.41. The summed E-state index contributed by atoms with van der Waals surface area (Å²) in [6, 6.07) is 17.1. The van der Waals surface area contributed by atoms with Gasteiger partial charge in [-0.1, -0.05) is 48.5 Å². The lowest BCUT2D eigenvalue weighted by Gasteiger charge is -2.35. The van der Waals surface area contributed by atoms with Crippen LogP contribution in [0.15, 0.2) is 48.5 Å². The van der Waals surface area contributed by atoms with Crippen molar-refractivity contribution < 1.29 is 26.2 Å². The number of quaternary nitrogens is 1. The Labute approximate surface area is 164 Å². The van der Waals surface area contributed by atoms with Gasteiger partial charge in [-0.3, -0.25) is 0 Å². The Morgan fingerprint density at radius 1 is 0.840 bits per heavy atom. The third-order valence-corrected chi connectivity index (χ3v) is 5.36. The highest BCUT2D eigenvalue weighted by Crippen LogP contribution is 2.26. The zero-order valence-corrected chi connectivity index (χ0v) is 17.7. The minimum Gasteiger partial charge on any atom is -1.00 e. The Bertz CT molecular complexity index is 615. The van der Waals surface area contributed by atoms with E-state index in [1.165, 1.54) is 36.3 Å². The van der Waals surface area contributed by atoms with Gasteiger partial charge in [0.15, 0.2) is 0 Å². The Morgan fingerprint density at radius 3 is 2.08 bits per heavy atom. The van der Waals surface area contributed by atoms with Gasteiger partial charge in [-0.05, 0) is 44.4 Å². The maximum Gasteiger partial charge on any atom is 0.137 e. The summed E-state index contributed by atoms with van der Waals surface area (Å²) in [7, 11) is 0. The Hall–Kier alpha value is -1.32. The van der Waals surface area contributed by atoms with Gasteiger partial charge >= 0.3 is 0 Å². The van der Waals surface area contributed by atoms with Crippen LogP contribution in [0, 0.1) is 6.92 Å². The fourth-order valence-electron chi connectivity index (χ4n) is 3.36. The lowest BCUT2D eigenvalue weighted by atomic mass is 10.0. The van der Waals surface area contributed by atoms with Gasteiger partial charge in [-0.2, -0.15) is 0 Å². The molecule has 0 aliphatic rings. The van der Waals surface area contributed by atoms with E-state index in [4.69, 9.17) is 4.74 Å². The van der Waals surface area contributed by atoms with Crippen LogP contribution in [0.1, 0.15) is 37.5 Å². The molecule has 2 aromatic carbocycles. The SMILES string of the molecule is CC[N+](CC)(CC)CCOc1c(C)cccc1Cc1ccccc1.[Br-]. The highest BCUT2D eigenvalue weighted by atomic mass is 79.9. The van der Waals surface area contributed by atoms with E-state index in [1.807, 2.05) is 0 Å². The number of halogens is 1. The van der Waals surface area contributed by atoms with E-state index >= 15 is 0 Å². The monoisotopic (exact) mass is 405 g/mol. The van der Waals surface area contributed by atoms with Crippen LogP contribution in [0.5, 0.6) is 5.75 Å². The molecule has 0 saturated carbocycles. The molecule has 0 atom stereocenters. The van der Waals surface area contributed by atoms with Crippen molar-refractivity contribution in [3.63, 3.8) is 0 Å². The predicted octanol–water partition coefficient (Wildman–Crippen LogP) is 1.85. The number of para-hydroxylation sites is 1. The molecule has 138 valence electrons. The number of likely N-dealkylation sites (N-methyl/N-ethyl adjacent to an activating group) is 1. The standard InChI is InChI=1S/C22H32NO.BrH/c1-5-23(6-2,7-3)16-17-24-22-19(4)12-11-15-21(22)18-20-13-9-8-10-14-20;/h8-15H,5-7,16-18H2,1-4H3;1H/q+1;/p-1. The van der Waals surface area contributed by atoms with Crippen molar-refractivity contribution in [2.45, 2.75) is 34.1 Å². The molecule has 0 saturated heterocycles. The number of nitrogens with zero attached hydrogens (tertiary/aromatic N) is 1. The molecule has 0 aromatic heterocycles. The molecule has 0 aliphatic heterocycles. The van der Waals surface area contributed by atoms with Crippen molar-refractivity contribution in [1.82, 2.24) is 0 Å². The van der Waals surface area contributed by atoms with Gasteiger partial charge in [-0.15, -0.1) is 0 Å². The first-order valence-electron chi connectivity index (χ1n) is 9.24. The van der Waals surface area contributed by atoms with E-state index < -0.39 is 0 Å². The van der Waals surface area contributed by atoms with Crippen molar-refractivity contribution in [3.8, 4) is 5.75 Å². The fraction of sp³-hybridized carbons (Fsp3) is 0.455. The molecule has 0 spiro atoms. The van der Waals surface area contributed by atoms with Crippen LogP contribution in [0.4, 0.5) is 0 Å². The zero-order chi connectivity index (χ0) is 17.4. The average Bonchev–Trinajstić information content (AvgIpc) is 2.62. The van der Waals surface area contributed by atoms with Crippen LogP contribution in [0.2, 0.25) is 0 Å². The summed E-state index contributed by atoms with van der Waals surface area (Å²) in [5.41, 5.74) is 3.84. The van der Waals surface area contributed by atoms with Gasteiger partial charge in [0.1, 0.15) is 18.9 Å². The minimum absolute atomic E-state index is 0. The number of ether oxygens (including phenoxy) is 1. The molecule has 2 aromatic rings. The summed E-state index contributed by atoms with van der Waals surface area (Å²) in [6.07, 6.45) is 0.924. The maximum absolute atomic E-state index is 6.29. The van der Waals surface area contributed by atoms with Crippen molar-refractivity contribution in [2.75, 3.05) is 32.8 Å². The van der Waals surface area contributed by atoms with E-state index in [-0.39, 0.29) is 17.0 Å². The van der Waals surface area contributed by atoms with Gasteiger partial charge in [0.05, 0.1) is 19.6 Å². The third kappa shape index (κ3) is 5.86. The minimum atomic E-state index is 0. The van der Waals surface area contributed by atoms with Crippen LogP contribution in [-0.2, 0) is 6.42 Å². The van der Waals surface area contributed by atoms with Crippen molar-refractivity contribution in [1.29, 1.82) is 0 Å². The largest absolute Gasteiger partial charge is 1.00 e. The normalized spacial score (nSPS) is 11.0. The molecule has 2 rings (SSSR count). The van der Waals surface area contributed by atoms with Gasteiger partial charge in [0.2, 0.25) is 0 Å². The topological polar surface area (TPSA) is 9.23 Å².